The second-order valence-electron chi connectivity index (χ2n) is 6.25. The van der Waals surface area contributed by atoms with Gasteiger partial charge < -0.3 is 15.5 Å². The lowest BCUT2D eigenvalue weighted by molar-refractivity contribution is 0.0998. The number of nitrogens with one attached hydrogen (secondary N) is 1. The van der Waals surface area contributed by atoms with Gasteiger partial charge in [-0.3, -0.25) is 9.48 Å². The fourth-order valence-corrected chi connectivity index (χ4v) is 3.43. The molecule has 0 unspecified atom stereocenters. The lowest BCUT2D eigenvalue weighted by Gasteiger charge is -2.24. The second-order valence-corrected chi connectivity index (χ2v) is 6.25. The quantitative estimate of drug-likeness (QED) is 0.732. The van der Waals surface area contributed by atoms with E-state index in [1.54, 1.807) is 6.20 Å². The van der Waals surface area contributed by atoms with Crippen molar-refractivity contribution in [1.82, 2.24) is 24.5 Å². The Morgan fingerprint density at radius 2 is 2.33 bits per heavy atom. The van der Waals surface area contributed by atoms with Gasteiger partial charge in [-0.1, -0.05) is 6.07 Å². The second kappa shape index (κ2) is 6.09. The molecule has 1 aliphatic rings. The first-order valence-corrected chi connectivity index (χ1v) is 8.18. The molecule has 1 amide bonds. The predicted octanol–water partition coefficient (Wildman–Crippen LogP) is 0.982. The number of hydrogen-bond donors (Lipinski definition) is 2. The van der Waals surface area contributed by atoms with E-state index in [-0.39, 0.29) is 0 Å². The van der Waals surface area contributed by atoms with Crippen LogP contribution in [0.3, 0.4) is 0 Å². The summed E-state index contributed by atoms with van der Waals surface area (Å²) in [5, 5.41) is 7.78. The topological polar surface area (TPSA) is 90.2 Å². The van der Waals surface area contributed by atoms with Gasteiger partial charge in [-0.15, -0.1) is 0 Å². The molecule has 0 spiro atoms. The zero-order valence-electron chi connectivity index (χ0n) is 13.4. The van der Waals surface area contributed by atoms with Crippen LogP contribution in [-0.2, 0) is 19.5 Å². The molecule has 1 aliphatic heterocycles. The molecule has 3 aromatic heterocycles. The largest absolute Gasteiger partial charge is 0.365 e. The van der Waals surface area contributed by atoms with E-state index in [1.807, 2.05) is 29.2 Å². The summed E-state index contributed by atoms with van der Waals surface area (Å²) in [7, 11) is 0. The summed E-state index contributed by atoms with van der Waals surface area (Å²) in [5.41, 5.74) is 9.10. The summed E-state index contributed by atoms with van der Waals surface area (Å²) in [5.74, 6) is 0.0888. The van der Waals surface area contributed by atoms with Crippen molar-refractivity contribution in [3.63, 3.8) is 0 Å². The molecule has 4 rings (SSSR count). The van der Waals surface area contributed by atoms with Crippen LogP contribution >= 0.6 is 0 Å². The van der Waals surface area contributed by atoms with Crippen LogP contribution < -0.4 is 11.1 Å². The highest BCUT2D eigenvalue weighted by molar-refractivity contribution is 5.93. The number of carbonyl (C=O) groups is 1. The Morgan fingerprint density at radius 3 is 3.21 bits per heavy atom. The number of pyridine rings is 1. The van der Waals surface area contributed by atoms with E-state index in [0.29, 0.717) is 11.5 Å². The van der Waals surface area contributed by atoms with Crippen LogP contribution in [0.25, 0.3) is 5.65 Å². The SMILES string of the molecule is NC(=O)c1cnn2c1C[C@@H](CNCc1cccc3nccn13)CC2. The van der Waals surface area contributed by atoms with Gasteiger partial charge in [0.05, 0.1) is 17.5 Å². The summed E-state index contributed by atoms with van der Waals surface area (Å²) in [6, 6.07) is 6.12. The Morgan fingerprint density at radius 1 is 1.42 bits per heavy atom. The molecule has 0 aliphatic carbocycles. The molecule has 0 fully saturated rings. The zero-order valence-corrected chi connectivity index (χ0v) is 13.4. The van der Waals surface area contributed by atoms with Gasteiger partial charge in [-0.25, -0.2) is 4.98 Å². The van der Waals surface area contributed by atoms with Gasteiger partial charge >= 0.3 is 0 Å². The number of amides is 1. The molecule has 0 saturated heterocycles. The molecular weight excluding hydrogens is 304 g/mol. The molecule has 1 atom stereocenters. The number of hydrogen-bond acceptors (Lipinski definition) is 4. The lowest BCUT2D eigenvalue weighted by Crippen LogP contribution is -2.30. The van der Waals surface area contributed by atoms with Crippen LogP contribution in [0.4, 0.5) is 0 Å². The van der Waals surface area contributed by atoms with E-state index in [0.717, 1.165) is 43.8 Å². The van der Waals surface area contributed by atoms with Gasteiger partial charge in [0.25, 0.3) is 5.91 Å². The minimum Gasteiger partial charge on any atom is -0.365 e. The molecule has 3 N–H and O–H groups in total. The van der Waals surface area contributed by atoms with Crippen LogP contribution in [0.15, 0.2) is 36.8 Å². The van der Waals surface area contributed by atoms with Gasteiger partial charge in [0.2, 0.25) is 0 Å². The summed E-state index contributed by atoms with van der Waals surface area (Å²) < 4.78 is 4.00. The minimum absolute atomic E-state index is 0.392. The average Bonchev–Trinajstić information content (AvgIpc) is 3.21. The lowest BCUT2D eigenvalue weighted by atomic mass is 9.94. The standard InChI is InChI=1S/C17H20N6O/c18-17(24)14-11-21-23-6-4-12(8-15(14)23)9-19-10-13-2-1-3-16-20-5-7-22(13)16/h1-3,5,7,11-12,19H,4,6,8-10H2,(H2,18,24)/t12-/m0/s1. The number of fused-ring (bicyclic) bond motifs is 2. The summed E-state index contributed by atoms with van der Waals surface area (Å²) >= 11 is 0. The average molecular weight is 324 g/mol. The number of nitrogens with zero attached hydrogens (tertiary/aromatic N) is 4. The molecule has 24 heavy (non-hydrogen) atoms. The van der Waals surface area contributed by atoms with Gasteiger partial charge in [0.15, 0.2) is 0 Å². The van der Waals surface area contributed by atoms with E-state index < -0.39 is 5.91 Å². The van der Waals surface area contributed by atoms with E-state index >= 15 is 0 Å². The molecule has 7 heteroatoms. The van der Waals surface area contributed by atoms with E-state index in [1.165, 1.54) is 5.69 Å². The van der Waals surface area contributed by atoms with Crippen molar-refractivity contribution in [2.45, 2.75) is 25.9 Å². The summed E-state index contributed by atoms with van der Waals surface area (Å²) in [4.78, 5) is 15.8. The fraction of sp³-hybridized carbons (Fsp3) is 0.353. The smallest absolute Gasteiger partial charge is 0.252 e. The van der Waals surface area contributed by atoms with Crippen molar-refractivity contribution in [2.75, 3.05) is 6.54 Å². The number of nitrogens with two attached hydrogens (primary N) is 1. The normalized spacial score (nSPS) is 17.1. The molecule has 0 saturated carbocycles. The minimum atomic E-state index is -0.392. The number of primary amides is 1. The number of carbonyl (C=O) groups excluding carboxylic acids is 1. The molecule has 3 aromatic rings. The molecule has 0 radical (unpaired) electrons. The van der Waals surface area contributed by atoms with Crippen molar-refractivity contribution < 1.29 is 4.79 Å². The van der Waals surface area contributed by atoms with Gasteiger partial charge in [0, 0.05) is 31.2 Å². The van der Waals surface area contributed by atoms with Crippen LogP contribution in [0.1, 0.15) is 28.2 Å². The zero-order chi connectivity index (χ0) is 16.5. The van der Waals surface area contributed by atoms with E-state index in [4.69, 9.17) is 5.73 Å². The molecule has 0 bridgehead atoms. The van der Waals surface area contributed by atoms with Crippen molar-refractivity contribution in [1.29, 1.82) is 0 Å². The van der Waals surface area contributed by atoms with E-state index in [9.17, 15) is 4.79 Å². The molecule has 0 aromatic carbocycles. The fourth-order valence-electron chi connectivity index (χ4n) is 3.43. The highest BCUT2D eigenvalue weighted by Crippen LogP contribution is 2.22. The van der Waals surface area contributed by atoms with Crippen molar-refractivity contribution in [2.24, 2.45) is 11.7 Å². The molecule has 4 heterocycles. The maximum atomic E-state index is 11.5. The Labute approximate surface area is 139 Å². The van der Waals surface area contributed by atoms with Crippen molar-refractivity contribution in [3.8, 4) is 0 Å². The van der Waals surface area contributed by atoms with Crippen LogP contribution in [0.2, 0.25) is 0 Å². The third-order valence-electron chi connectivity index (χ3n) is 4.70. The summed E-state index contributed by atoms with van der Waals surface area (Å²) in [6.45, 7) is 2.52. The molecule has 124 valence electrons. The first-order valence-electron chi connectivity index (χ1n) is 8.18. The third-order valence-corrected chi connectivity index (χ3v) is 4.70. The maximum Gasteiger partial charge on any atom is 0.252 e. The van der Waals surface area contributed by atoms with Crippen molar-refractivity contribution in [3.05, 3.63) is 53.7 Å². The van der Waals surface area contributed by atoms with Gasteiger partial charge in [-0.2, -0.15) is 5.10 Å². The van der Waals surface area contributed by atoms with Crippen LogP contribution in [0, 0.1) is 5.92 Å². The first kappa shape index (κ1) is 14.9. The monoisotopic (exact) mass is 324 g/mol. The number of rotatable bonds is 5. The number of aromatic nitrogens is 4. The Balaban J connectivity index is 1.39. The molecular formula is C17H20N6O. The number of aryl methyl sites for hydroxylation is 1. The highest BCUT2D eigenvalue weighted by Gasteiger charge is 2.24. The van der Waals surface area contributed by atoms with E-state index in [2.05, 4.69) is 25.9 Å². The number of imidazole rings is 1. The highest BCUT2D eigenvalue weighted by atomic mass is 16.1. The Kier molecular flexibility index (Phi) is 3.78. The van der Waals surface area contributed by atoms with Crippen molar-refractivity contribution >= 4 is 11.6 Å². The van der Waals surface area contributed by atoms with Gasteiger partial charge in [-0.05, 0) is 37.4 Å². The first-order chi connectivity index (χ1) is 11.7. The Hall–Kier alpha value is -2.67. The predicted molar refractivity (Wildman–Crippen MR) is 89.5 cm³/mol. The van der Waals surface area contributed by atoms with Gasteiger partial charge in [0.1, 0.15) is 5.65 Å². The summed E-state index contributed by atoms with van der Waals surface area (Å²) in [6.07, 6.45) is 7.26. The molecule has 7 nitrogen and oxygen atoms in total. The Bertz CT molecular complexity index is 880. The van der Waals surface area contributed by atoms with Crippen LogP contribution in [-0.4, -0.2) is 31.6 Å². The third kappa shape index (κ3) is 2.67. The van der Waals surface area contributed by atoms with Crippen LogP contribution in [0.5, 0.6) is 0 Å². The maximum absolute atomic E-state index is 11.5.